The van der Waals surface area contributed by atoms with Crippen molar-refractivity contribution in [2.45, 2.75) is 46.6 Å². The summed E-state index contributed by atoms with van der Waals surface area (Å²) in [5, 5.41) is 19.3. The summed E-state index contributed by atoms with van der Waals surface area (Å²) in [6.45, 7) is 9.00. The number of hydrogen-bond acceptors (Lipinski definition) is 3. The smallest absolute Gasteiger partial charge is 0.107 e. The second-order valence-corrected chi connectivity index (χ2v) is 6.83. The molecular weight excluding hydrogens is 228 g/mol. The van der Waals surface area contributed by atoms with E-state index >= 15 is 0 Å². The van der Waals surface area contributed by atoms with E-state index in [0.717, 1.165) is 12.8 Å². The Hall–Kier alpha value is -0.540. The Morgan fingerprint density at radius 1 is 1.39 bits per heavy atom. The van der Waals surface area contributed by atoms with E-state index in [-0.39, 0.29) is 42.0 Å². The largest absolute Gasteiger partial charge is 0.497 e. The van der Waals surface area contributed by atoms with Gasteiger partial charge in [-0.3, -0.25) is 0 Å². The number of rotatable bonds is 3. The molecule has 18 heavy (non-hydrogen) atoms. The van der Waals surface area contributed by atoms with Gasteiger partial charge in [-0.2, -0.15) is 0 Å². The van der Waals surface area contributed by atoms with Crippen LogP contribution < -0.4 is 0 Å². The van der Waals surface area contributed by atoms with Gasteiger partial charge < -0.3 is 14.9 Å². The van der Waals surface area contributed by atoms with Crippen molar-refractivity contribution in [1.29, 1.82) is 0 Å². The zero-order chi connectivity index (χ0) is 13.6. The van der Waals surface area contributed by atoms with E-state index in [1.165, 1.54) is 5.57 Å². The van der Waals surface area contributed by atoms with Crippen molar-refractivity contribution in [3.05, 3.63) is 11.8 Å². The van der Waals surface area contributed by atoms with E-state index in [0.29, 0.717) is 0 Å². The first-order valence-electron chi connectivity index (χ1n) is 6.95. The van der Waals surface area contributed by atoms with E-state index in [1.807, 2.05) is 13.2 Å². The first-order chi connectivity index (χ1) is 8.37. The van der Waals surface area contributed by atoms with E-state index in [9.17, 15) is 10.2 Å². The first-order valence-corrected chi connectivity index (χ1v) is 6.95. The summed E-state index contributed by atoms with van der Waals surface area (Å²) in [4.78, 5) is 0. The Morgan fingerprint density at radius 3 is 2.61 bits per heavy atom. The Labute approximate surface area is 110 Å². The summed E-state index contributed by atoms with van der Waals surface area (Å²) in [7, 11) is 0. The van der Waals surface area contributed by atoms with Crippen molar-refractivity contribution in [3.8, 4) is 0 Å². The van der Waals surface area contributed by atoms with Crippen LogP contribution >= 0.6 is 0 Å². The van der Waals surface area contributed by atoms with Gasteiger partial charge in [-0.05, 0) is 29.7 Å². The summed E-state index contributed by atoms with van der Waals surface area (Å²) in [6, 6.07) is 0. The fourth-order valence-electron chi connectivity index (χ4n) is 4.07. The van der Waals surface area contributed by atoms with Gasteiger partial charge in [-0.15, -0.1) is 0 Å². The quantitative estimate of drug-likeness (QED) is 0.812. The molecule has 0 spiro atoms. The predicted molar refractivity (Wildman–Crippen MR) is 70.9 cm³/mol. The van der Waals surface area contributed by atoms with Gasteiger partial charge >= 0.3 is 0 Å². The van der Waals surface area contributed by atoms with Crippen molar-refractivity contribution in [3.63, 3.8) is 0 Å². The molecule has 0 aromatic carbocycles. The lowest BCUT2D eigenvalue weighted by atomic mass is 9.52. The molecule has 4 atom stereocenters. The fraction of sp³-hybridized carbons (Fsp3) is 0.867. The van der Waals surface area contributed by atoms with Crippen LogP contribution in [0.5, 0.6) is 0 Å². The van der Waals surface area contributed by atoms with Crippen LogP contribution in [0.25, 0.3) is 0 Å². The standard InChI is InChI=1S/C15H26O3/c1-10(7-16)11-9-18-13-5-6-14(2,3)12(8-17)15(11,13)4/h9-10,12-13,16-17H,5-8H2,1-4H3/t10-,12+,13+,15-/m0/s1. The normalized spacial score (nSPS) is 39.8. The Morgan fingerprint density at radius 2 is 2.06 bits per heavy atom. The van der Waals surface area contributed by atoms with Crippen molar-refractivity contribution in [2.75, 3.05) is 13.2 Å². The molecule has 0 unspecified atom stereocenters. The molecule has 0 saturated heterocycles. The van der Waals surface area contributed by atoms with E-state index in [2.05, 4.69) is 20.8 Å². The van der Waals surface area contributed by atoms with Gasteiger partial charge in [-0.1, -0.05) is 27.7 Å². The van der Waals surface area contributed by atoms with Crippen LogP contribution in [-0.4, -0.2) is 29.5 Å². The molecule has 104 valence electrons. The van der Waals surface area contributed by atoms with Crippen molar-refractivity contribution >= 4 is 0 Å². The van der Waals surface area contributed by atoms with Gasteiger partial charge in [-0.25, -0.2) is 0 Å². The van der Waals surface area contributed by atoms with E-state index < -0.39 is 0 Å². The highest BCUT2D eigenvalue weighted by Crippen LogP contribution is 2.59. The van der Waals surface area contributed by atoms with Gasteiger partial charge in [0.1, 0.15) is 6.10 Å². The Balaban J connectivity index is 2.39. The maximum Gasteiger partial charge on any atom is 0.107 e. The van der Waals surface area contributed by atoms with Gasteiger partial charge in [0, 0.05) is 24.5 Å². The van der Waals surface area contributed by atoms with E-state index in [4.69, 9.17) is 4.74 Å². The monoisotopic (exact) mass is 254 g/mol. The molecule has 2 aliphatic rings. The maximum atomic E-state index is 9.87. The highest BCUT2D eigenvalue weighted by atomic mass is 16.5. The minimum absolute atomic E-state index is 0.1000. The summed E-state index contributed by atoms with van der Waals surface area (Å²) < 4.78 is 5.84. The van der Waals surface area contributed by atoms with Crippen molar-refractivity contribution in [1.82, 2.24) is 0 Å². The molecule has 1 saturated carbocycles. The third kappa shape index (κ3) is 1.79. The number of aliphatic hydroxyl groups excluding tert-OH is 2. The molecular formula is C15H26O3. The third-order valence-corrected chi connectivity index (χ3v) is 5.36. The zero-order valence-corrected chi connectivity index (χ0v) is 11.9. The van der Waals surface area contributed by atoms with Crippen LogP contribution in [-0.2, 0) is 4.74 Å². The van der Waals surface area contributed by atoms with Crippen molar-refractivity contribution < 1.29 is 14.9 Å². The molecule has 3 heteroatoms. The average molecular weight is 254 g/mol. The minimum Gasteiger partial charge on any atom is -0.497 e. The highest BCUT2D eigenvalue weighted by Gasteiger charge is 2.57. The van der Waals surface area contributed by atoms with Crippen LogP contribution in [0.15, 0.2) is 11.8 Å². The molecule has 1 heterocycles. The first kappa shape index (κ1) is 13.9. The Bertz CT molecular complexity index is 348. The van der Waals surface area contributed by atoms with E-state index in [1.54, 1.807) is 0 Å². The SMILES string of the molecule is C[C@@H](CO)C1=CO[C@@H]2CCC(C)(C)[C@@H](CO)[C@]12C. The average Bonchev–Trinajstić information content (AvgIpc) is 2.64. The molecule has 0 aromatic heterocycles. The lowest BCUT2D eigenvalue weighted by molar-refractivity contribution is -0.0826. The highest BCUT2D eigenvalue weighted by molar-refractivity contribution is 5.26. The summed E-state index contributed by atoms with van der Waals surface area (Å²) in [5.74, 6) is 0.287. The molecule has 1 aliphatic carbocycles. The van der Waals surface area contributed by atoms with Crippen LogP contribution in [0, 0.1) is 22.7 Å². The van der Waals surface area contributed by atoms with Crippen LogP contribution in [0.3, 0.4) is 0 Å². The second kappa shape index (κ2) is 4.53. The Kier molecular flexibility index (Phi) is 3.50. The fourth-order valence-corrected chi connectivity index (χ4v) is 4.07. The summed E-state index contributed by atoms with van der Waals surface area (Å²) in [5.41, 5.74) is 1.14. The molecule has 3 nitrogen and oxygen atoms in total. The van der Waals surface area contributed by atoms with Gasteiger partial charge in [0.15, 0.2) is 0 Å². The molecule has 1 aliphatic heterocycles. The minimum atomic E-state index is -0.140. The van der Waals surface area contributed by atoms with Gasteiger partial charge in [0.25, 0.3) is 0 Å². The number of hydrogen-bond donors (Lipinski definition) is 2. The number of fused-ring (bicyclic) bond motifs is 1. The summed E-state index contributed by atoms with van der Waals surface area (Å²) >= 11 is 0. The number of ether oxygens (including phenoxy) is 1. The molecule has 0 aromatic rings. The molecule has 2 N–H and O–H groups in total. The topological polar surface area (TPSA) is 49.7 Å². The second-order valence-electron chi connectivity index (χ2n) is 6.83. The lowest BCUT2D eigenvalue weighted by Gasteiger charge is -2.52. The molecule has 2 rings (SSSR count). The van der Waals surface area contributed by atoms with Crippen molar-refractivity contribution in [2.24, 2.45) is 22.7 Å². The number of aliphatic hydroxyl groups is 2. The lowest BCUT2D eigenvalue weighted by Crippen LogP contribution is -2.52. The molecule has 0 radical (unpaired) electrons. The van der Waals surface area contributed by atoms with Gasteiger partial charge in [0.05, 0.1) is 6.26 Å². The van der Waals surface area contributed by atoms with Gasteiger partial charge in [0.2, 0.25) is 0 Å². The molecule has 1 fully saturated rings. The predicted octanol–water partition coefficient (Wildman–Crippen LogP) is 2.33. The maximum absolute atomic E-state index is 9.87. The van der Waals surface area contributed by atoms with Crippen LogP contribution in [0.1, 0.15) is 40.5 Å². The van der Waals surface area contributed by atoms with Crippen LogP contribution in [0.2, 0.25) is 0 Å². The molecule has 0 amide bonds. The molecule has 0 bridgehead atoms. The van der Waals surface area contributed by atoms with Crippen LogP contribution in [0.4, 0.5) is 0 Å². The summed E-state index contributed by atoms with van der Waals surface area (Å²) in [6.07, 6.45) is 4.10. The zero-order valence-electron chi connectivity index (χ0n) is 11.9. The third-order valence-electron chi connectivity index (χ3n) is 5.36.